The third-order valence-electron chi connectivity index (χ3n) is 8.39. The number of rotatable bonds is 16. The van der Waals surface area contributed by atoms with Crippen LogP contribution < -0.4 is 5.32 Å². The third-order valence-corrected chi connectivity index (χ3v) is 8.39. The number of amides is 1. The molecule has 4 rings (SSSR count). The Morgan fingerprint density at radius 1 is 0.911 bits per heavy atom. The van der Waals surface area contributed by atoms with E-state index in [1.54, 1.807) is 0 Å². The van der Waals surface area contributed by atoms with Crippen molar-refractivity contribution in [1.29, 1.82) is 0 Å². The standard InChI is InChI=1S/C36H46N2O7/c1-25(35(43)28-11-6-5-7-12-28)38(2)23-31-22-32(27-19-17-26(24-39)18-20-27)45-36(44-31)29-13-10-14-30(21-29)37-33(40)15-8-3-4-9-16-34(41)42/h5-7,10-14,17-21,25,31-32,35-36,39,43H,3-4,8-9,15-16,22-24H2,1-2H3,(H,37,40)(H,41,42)/t25-,31-,32+,35-,36+/m1/s1. The van der Waals surface area contributed by atoms with Crippen LogP contribution in [0.4, 0.5) is 5.69 Å². The summed E-state index contributed by atoms with van der Waals surface area (Å²) < 4.78 is 13.0. The van der Waals surface area contributed by atoms with E-state index in [0.29, 0.717) is 37.9 Å². The van der Waals surface area contributed by atoms with Crippen molar-refractivity contribution in [3.63, 3.8) is 0 Å². The second kappa shape index (κ2) is 17.2. The Morgan fingerprint density at radius 2 is 1.62 bits per heavy atom. The highest BCUT2D eigenvalue weighted by atomic mass is 16.7. The predicted molar refractivity (Wildman–Crippen MR) is 172 cm³/mol. The Morgan fingerprint density at radius 3 is 2.31 bits per heavy atom. The zero-order valence-electron chi connectivity index (χ0n) is 26.2. The molecule has 3 aromatic carbocycles. The van der Waals surface area contributed by atoms with Crippen LogP contribution in [0.1, 0.15) is 92.6 Å². The average Bonchev–Trinajstić information content (AvgIpc) is 3.06. The smallest absolute Gasteiger partial charge is 0.303 e. The molecule has 5 atom stereocenters. The molecule has 0 unspecified atom stereocenters. The van der Waals surface area contributed by atoms with E-state index < -0.39 is 18.4 Å². The number of carboxylic acid groups (broad SMARTS) is 1. The first kappa shape index (κ1) is 34.3. The minimum Gasteiger partial charge on any atom is -0.481 e. The monoisotopic (exact) mass is 618 g/mol. The summed E-state index contributed by atoms with van der Waals surface area (Å²) >= 11 is 0. The van der Waals surface area contributed by atoms with E-state index in [-0.39, 0.29) is 37.2 Å². The molecule has 242 valence electrons. The molecule has 1 aliphatic heterocycles. The molecule has 0 saturated carbocycles. The lowest BCUT2D eigenvalue weighted by molar-refractivity contribution is -0.253. The lowest BCUT2D eigenvalue weighted by Crippen LogP contribution is -2.43. The number of hydrogen-bond donors (Lipinski definition) is 4. The maximum absolute atomic E-state index is 12.6. The number of aliphatic hydroxyl groups excluding tert-OH is 2. The minimum atomic E-state index is -0.792. The fourth-order valence-electron chi connectivity index (χ4n) is 5.59. The summed E-state index contributed by atoms with van der Waals surface area (Å²) in [6.07, 6.45) is 2.24. The van der Waals surface area contributed by atoms with Crippen LogP contribution in [0.15, 0.2) is 78.9 Å². The van der Waals surface area contributed by atoms with E-state index in [1.807, 2.05) is 92.8 Å². The number of benzene rings is 3. The first-order valence-electron chi connectivity index (χ1n) is 15.8. The van der Waals surface area contributed by atoms with Gasteiger partial charge in [0.25, 0.3) is 0 Å². The number of carbonyl (C=O) groups excluding carboxylic acids is 1. The molecule has 9 heteroatoms. The van der Waals surface area contributed by atoms with E-state index in [1.165, 1.54) is 0 Å². The number of nitrogens with zero attached hydrogens (tertiary/aromatic N) is 1. The number of ether oxygens (including phenoxy) is 2. The van der Waals surface area contributed by atoms with Gasteiger partial charge in [-0.2, -0.15) is 0 Å². The highest BCUT2D eigenvalue weighted by Crippen LogP contribution is 2.39. The Hall–Kier alpha value is -3.60. The molecular formula is C36H46N2O7. The van der Waals surface area contributed by atoms with Crippen molar-refractivity contribution in [3.05, 3.63) is 101 Å². The van der Waals surface area contributed by atoms with Crippen LogP contribution in [0, 0.1) is 0 Å². The van der Waals surface area contributed by atoms with Gasteiger partial charge >= 0.3 is 5.97 Å². The van der Waals surface area contributed by atoms with Crippen LogP contribution >= 0.6 is 0 Å². The second-order valence-electron chi connectivity index (χ2n) is 11.9. The third kappa shape index (κ3) is 10.5. The van der Waals surface area contributed by atoms with Gasteiger partial charge in [-0.05, 0) is 55.6 Å². The fourth-order valence-corrected chi connectivity index (χ4v) is 5.59. The first-order valence-corrected chi connectivity index (χ1v) is 15.8. The van der Waals surface area contributed by atoms with Crippen LogP contribution in [0.3, 0.4) is 0 Å². The van der Waals surface area contributed by atoms with Crippen LogP contribution in [0.25, 0.3) is 0 Å². The zero-order chi connectivity index (χ0) is 32.2. The Bertz CT molecular complexity index is 1350. The molecule has 0 aromatic heterocycles. The van der Waals surface area contributed by atoms with Crippen molar-refractivity contribution in [2.45, 2.75) is 89.1 Å². The molecule has 1 fully saturated rings. The van der Waals surface area contributed by atoms with Gasteiger partial charge in [-0.15, -0.1) is 0 Å². The van der Waals surface area contributed by atoms with E-state index >= 15 is 0 Å². The van der Waals surface area contributed by atoms with Crippen LogP contribution in [-0.4, -0.2) is 57.8 Å². The lowest BCUT2D eigenvalue weighted by Gasteiger charge is -2.39. The number of nitrogens with one attached hydrogen (secondary N) is 1. The van der Waals surface area contributed by atoms with Crippen molar-refractivity contribution in [1.82, 2.24) is 4.90 Å². The number of likely N-dealkylation sites (N-methyl/N-ethyl adjacent to an activating group) is 1. The normalized spacial score (nSPS) is 19.6. The van der Waals surface area contributed by atoms with Crippen LogP contribution in [-0.2, 0) is 25.7 Å². The quantitative estimate of drug-likeness (QED) is 0.141. The summed E-state index contributed by atoms with van der Waals surface area (Å²) in [6.45, 7) is 2.54. The van der Waals surface area contributed by atoms with Crippen molar-refractivity contribution in [2.24, 2.45) is 0 Å². The molecule has 0 bridgehead atoms. The fraction of sp³-hybridized carbons (Fsp3) is 0.444. The molecule has 0 radical (unpaired) electrons. The number of carboxylic acids is 1. The highest BCUT2D eigenvalue weighted by Gasteiger charge is 2.34. The summed E-state index contributed by atoms with van der Waals surface area (Å²) in [7, 11) is 1.98. The molecule has 45 heavy (non-hydrogen) atoms. The topological polar surface area (TPSA) is 129 Å². The molecule has 0 aliphatic carbocycles. The summed E-state index contributed by atoms with van der Waals surface area (Å²) in [5, 5.41) is 32.3. The second-order valence-corrected chi connectivity index (χ2v) is 11.9. The van der Waals surface area contributed by atoms with Gasteiger partial charge in [-0.25, -0.2) is 0 Å². The van der Waals surface area contributed by atoms with Crippen LogP contribution in [0.5, 0.6) is 0 Å². The van der Waals surface area contributed by atoms with Crippen molar-refractivity contribution in [3.8, 4) is 0 Å². The molecule has 1 amide bonds. The summed E-state index contributed by atoms with van der Waals surface area (Å²) in [6, 6.07) is 24.7. The molecular weight excluding hydrogens is 572 g/mol. The predicted octanol–water partition coefficient (Wildman–Crippen LogP) is 6.14. The SMILES string of the molecule is C[C@H]([C@@H](O)c1ccccc1)N(C)C[C@H]1C[C@@H](c2ccc(CO)cc2)O[C@@H](c2cccc(NC(=O)CCCCCCC(=O)O)c2)O1. The van der Waals surface area contributed by atoms with Gasteiger partial charge in [0, 0.05) is 43.1 Å². The number of anilines is 1. The van der Waals surface area contributed by atoms with E-state index in [4.69, 9.17) is 14.6 Å². The summed E-state index contributed by atoms with van der Waals surface area (Å²) in [5.74, 6) is -0.887. The maximum atomic E-state index is 12.6. The Kier molecular flexibility index (Phi) is 13.1. The first-order chi connectivity index (χ1) is 21.7. The van der Waals surface area contributed by atoms with E-state index in [9.17, 15) is 19.8 Å². The summed E-state index contributed by atoms with van der Waals surface area (Å²) in [5.41, 5.74) is 4.10. The molecule has 0 spiro atoms. The minimum absolute atomic E-state index is 0.0319. The molecule has 3 aromatic rings. The maximum Gasteiger partial charge on any atom is 0.303 e. The number of aliphatic carboxylic acids is 1. The largest absolute Gasteiger partial charge is 0.481 e. The molecule has 4 N–H and O–H groups in total. The number of hydrogen-bond acceptors (Lipinski definition) is 7. The van der Waals surface area contributed by atoms with Gasteiger partial charge < -0.3 is 30.1 Å². The lowest BCUT2D eigenvalue weighted by atomic mass is 9.98. The number of carbonyl (C=O) groups is 2. The van der Waals surface area contributed by atoms with Crippen LogP contribution in [0.2, 0.25) is 0 Å². The zero-order valence-corrected chi connectivity index (χ0v) is 26.2. The van der Waals surface area contributed by atoms with Crippen molar-refractivity contribution in [2.75, 3.05) is 18.9 Å². The van der Waals surface area contributed by atoms with E-state index in [0.717, 1.165) is 35.1 Å². The van der Waals surface area contributed by atoms with Gasteiger partial charge in [0.15, 0.2) is 6.29 Å². The van der Waals surface area contributed by atoms with Crippen molar-refractivity contribution >= 4 is 17.6 Å². The number of unbranched alkanes of at least 4 members (excludes halogenated alkanes) is 3. The average molecular weight is 619 g/mol. The number of aliphatic hydroxyl groups is 2. The molecule has 9 nitrogen and oxygen atoms in total. The van der Waals surface area contributed by atoms with Gasteiger partial charge in [-0.3, -0.25) is 14.5 Å². The molecule has 1 saturated heterocycles. The Labute approximate surface area is 265 Å². The van der Waals surface area contributed by atoms with Gasteiger partial charge in [0.1, 0.15) is 0 Å². The van der Waals surface area contributed by atoms with Gasteiger partial charge in [-0.1, -0.05) is 79.6 Å². The summed E-state index contributed by atoms with van der Waals surface area (Å²) in [4.78, 5) is 25.4. The van der Waals surface area contributed by atoms with Gasteiger partial charge in [0.05, 0.1) is 24.9 Å². The van der Waals surface area contributed by atoms with Gasteiger partial charge in [0.2, 0.25) is 5.91 Å². The Balaban J connectivity index is 1.43. The molecule has 1 aliphatic rings. The highest BCUT2D eigenvalue weighted by molar-refractivity contribution is 5.90. The van der Waals surface area contributed by atoms with E-state index in [2.05, 4.69) is 10.2 Å². The molecule has 1 heterocycles. The van der Waals surface area contributed by atoms with Crippen molar-refractivity contribution < 1.29 is 34.4 Å².